The molecule has 2 aromatic rings. The number of nitrogens with zero attached hydrogens (tertiary/aromatic N) is 2. The van der Waals surface area contributed by atoms with E-state index in [2.05, 4.69) is 24.3 Å². The van der Waals surface area contributed by atoms with Gasteiger partial charge < -0.3 is 10.4 Å². The minimum Gasteiger partial charge on any atom is -0.476 e. The van der Waals surface area contributed by atoms with Crippen molar-refractivity contribution in [2.75, 3.05) is 0 Å². The number of nitrogens with one attached hydrogen (secondary N) is 1. The average molecular weight is 329 g/mol. The molecular weight excluding hydrogens is 306 g/mol. The number of hydrogen-bond acceptors (Lipinski definition) is 3. The third-order valence-corrected chi connectivity index (χ3v) is 3.79. The van der Waals surface area contributed by atoms with Gasteiger partial charge in [0.15, 0.2) is 5.69 Å². The molecule has 6 heteroatoms. The van der Waals surface area contributed by atoms with E-state index < -0.39 is 5.97 Å². The van der Waals surface area contributed by atoms with Gasteiger partial charge in [-0.05, 0) is 29.7 Å². The lowest BCUT2D eigenvalue weighted by atomic mass is 10.0. The molecule has 2 rings (SSSR count). The number of benzene rings is 1. The Morgan fingerprint density at radius 1 is 1.33 bits per heavy atom. The van der Waals surface area contributed by atoms with Crippen LogP contribution in [0.15, 0.2) is 36.5 Å². The molecule has 1 atom stereocenters. The van der Waals surface area contributed by atoms with Crippen molar-refractivity contribution in [3.8, 4) is 5.69 Å². The van der Waals surface area contributed by atoms with Crippen molar-refractivity contribution >= 4 is 11.9 Å². The summed E-state index contributed by atoms with van der Waals surface area (Å²) < 4.78 is 1.51. The summed E-state index contributed by atoms with van der Waals surface area (Å²) in [7, 11) is 0. The van der Waals surface area contributed by atoms with Crippen molar-refractivity contribution in [1.29, 1.82) is 0 Å². The molecule has 0 aliphatic heterocycles. The van der Waals surface area contributed by atoms with E-state index in [1.165, 1.54) is 10.7 Å². The van der Waals surface area contributed by atoms with E-state index in [1.54, 1.807) is 6.20 Å². The molecule has 0 bridgehead atoms. The highest BCUT2D eigenvalue weighted by atomic mass is 16.4. The lowest BCUT2D eigenvalue weighted by molar-refractivity contribution is -0.122. The summed E-state index contributed by atoms with van der Waals surface area (Å²) in [5.74, 6) is -0.619. The normalized spacial score (nSPS) is 11.9. The van der Waals surface area contributed by atoms with Crippen LogP contribution >= 0.6 is 0 Å². The number of carbonyl (C=O) groups is 2. The van der Waals surface area contributed by atoms with E-state index >= 15 is 0 Å². The van der Waals surface area contributed by atoms with Gasteiger partial charge in [-0.3, -0.25) is 4.79 Å². The van der Waals surface area contributed by atoms with E-state index in [-0.39, 0.29) is 11.6 Å². The second-order valence-corrected chi connectivity index (χ2v) is 6.00. The number of carbonyl (C=O) groups excluding carboxylic acids is 1. The van der Waals surface area contributed by atoms with Crippen LogP contribution < -0.4 is 5.32 Å². The van der Waals surface area contributed by atoms with Crippen molar-refractivity contribution in [2.45, 2.75) is 39.7 Å². The Morgan fingerprint density at radius 3 is 2.79 bits per heavy atom. The zero-order chi connectivity index (χ0) is 17.5. The molecule has 0 aliphatic rings. The largest absolute Gasteiger partial charge is 0.476 e. The zero-order valence-electron chi connectivity index (χ0n) is 14.0. The highest BCUT2D eigenvalue weighted by Crippen LogP contribution is 2.12. The number of amides is 1. The van der Waals surface area contributed by atoms with E-state index in [9.17, 15) is 9.59 Å². The summed E-state index contributed by atoms with van der Waals surface area (Å²) in [6.07, 6.45) is 4.27. The molecule has 0 spiro atoms. The number of aromatic carboxylic acids is 1. The molecule has 1 unspecified atom stereocenters. The maximum Gasteiger partial charge on any atom is 0.356 e. The highest BCUT2D eigenvalue weighted by molar-refractivity contribution is 5.85. The van der Waals surface area contributed by atoms with Crippen LogP contribution in [0, 0.1) is 5.92 Å². The standard InChI is InChI=1S/C18H23N3O3/c1-3-5-13(2)10-17(22)19-12-14-6-4-7-15(11-14)21-9-8-16(20-21)18(23)24/h4,6-9,11,13H,3,5,10,12H2,1-2H3,(H,19,22)(H,23,24). The Balaban J connectivity index is 1.97. The predicted octanol–water partition coefficient (Wildman–Crippen LogP) is 3.01. The molecule has 1 aromatic heterocycles. The number of carboxylic acid groups (broad SMARTS) is 1. The third-order valence-electron chi connectivity index (χ3n) is 3.79. The first-order chi connectivity index (χ1) is 11.5. The van der Waals surface area contributed by atoms with Gasteiger partial charge in [-0.2, -0.15) is 5.10 Å². The van der Waals surface area contributed by atoms with Crippen LogP contribution in [0.2, 0.25) is 0 Å². The Bertz CT molecular complexity index is 709. The third kappa shape index (κ3) is 4.94. The maximum absolute atomic E-state index is 11.9. The van der Waals surface area contributed by atoms with E-state index in [0.717, 1.165) is 24.1 Å². The SMILES string of the molecule is CCCC(C)CC(=O)NCc1cccc(-n2ccc(C(=O)O)n2)c1. The van der Waals surface area contributed by atoms with Crippen molar-refractivity contribution in [3.05, 3.63) is 47.8 Å². The minimum absolute atomic E-state index is 0.00128. The summed E-state index contributed by atoms with van der Waals surface area (Å²) in [6, 6.07) is 8.95. The zero-order valence-corrected chi connectivity index (χ0v) is 14.0. The number of carboxylic acids is 1. The van der Waals surface area contributed by atoms with Gasteiger partial charge in [-0.25, -0.2) is 9.48 Å². The molecule has 0 fully saturated rings. The second-order valence-electron chi connectivity index (χ2n) is 6.00. The lowest BCUT2D eigenvalue weighted by Gasteiger charge is -2.11. The first-order valence-electron chi connectivity index (χ1n) is 8.14. The van der Waals surface area contributed by atoms with Gasteiger partial charge in [0.25, 0.3) is 0 Å². The Morgan fingerprint density at radius 2 is 2.12 bits per heavy atom. The van der Waals surface area contributed by atoms with E-state index in [1.807, 2.05) is 24.3 Å². The fourth-order valence-corrected chi connectivity index (χ4v) is 2.57. The molecule has 1 aromatic carbocycles. The summed E-state index contributed by atoms with van der Waals surface area (Å²) in [5.41, 5.74) is 1.70. The van der Waals surface area contributed by atoms with Gasteiger partial charge in [0.05, 0.1) is 5.69 Å². The van der Waals surface area contributed by atoms with Crippen LogP contribution in [-0.2, 0) is 11.3 Å². The Labute approximate surface area is 141 Å². The Hall–Kier alpha value is -2.63. The summed E-state index contributed by atoms with van der Waals surface area (Å²) >= 11 is 0. The topological polar surface area (TPSA) is 84.2 Å². The van der Waals surface area contributed by atoms with Crippen LogP contribution in [0.1, 0.15) is 49.2 Å². The van der Waals surface area contributed by atoms with Crippen LogP contribution in [0.3, 0.4) is 0 Å². The highest BCUT2D eigenvalue weighted by Gasteiger charge is 2.10. The molecule has 6 nitrogen and oxygen atoms in total. The fraction of sp³-hybridized carbons (Fsp3) is 0.389. The van der Waals surface area contributed by atoms with E-state index in [4.69, 9.17) is 5.11 Å². The number of aromatic nitrogens is 2. The molecular formula is C18H23N3O3. The molecule has 24 heavy (non-hydrogen) atoms. The van der Waals surface area contributed by atoms with Crippen LogP contribution in [0.25, 0.3) is 5.69 Å². The van der Waals surface area contributed by atoms with Crippen LogP contribution in [0.4, 0.5) is 0 Å². The molecule has 0 saturated carbocycles. The monoisotopic (exact) mass is 329 g/mol. The minimum atomic E-state index is -1.06. The van der Waals surface area contributed by atoms with Crippen molar-refractivity contribution in [2.24, 2.45) is 5.92 Å². The summed E-state index contributed by atoms with van der Waals surface area (Å²) in [6.45, 7) is 4.64. The first kappa shape index (κ1) is 17.7. The number of hydrogen-bond donors (Lipinski definition) is 2. The second kappa shape index (κ2) is 8.29. The molecule has 2 N–H and O–H groups in total. The van der Waals surface area contributed by atoms with Gasteiger partial charge in [0, 0.05) is 19.2 Å². The first-order valence-corrected chi connectivity index (χ1v) is 8.14. The summed E-state index contributed by atoms with van der Waals surface area (Å²) in [4.78, 5) is 22.8. The van der Waals surface area contributed by atoms with Crippen molar-refractivity contribution < 1.29 is 14.7 Å². The maximum atomic E-state index is 11.9. The molecule has 0 saturated heterocycles. The van der Waals surface area contributed by atoms with Gasteiger partial charge >= 0.3 is 5.97 Å². The quantitative estimate of drug-likeness (QED) is 0.780. The van der Waals surface area contributed by atoms with Gasteiger partial charge in [0.1, 0.15) is 0 Å². The molecule has 1 amide bonds. The van der Waals surface area contributed by atoms with Crippen LogP contribution in [0.5, 0.6) is 0 Å². The summed E-state index contributed by atoms with van der Waals surface area (Å²) in [5, 5.41) is 15.9. The molecule has 0 radical (unpaired) electrons. The smallest absolute Gasteiger partial charge is 0.356 e. The Kier molecular flexibility index (Phi) is 6.12. The average Bonchev–Trinajstić information content (AvgIpc) is 3.04. The van der Waals surface area contributed by atoms with Crippen molar-refractivity contribution in [1.82, 2.24) is 15.1 Å². The number of rotatable bonds is 8. The lowest BCUT2D eigenvalue weighted by Crippen LogP contribution is -2.24. The predicted molar refractivity (Wildman–Crippen MR) is 91.1 cm³/mol. The fourth-order valence-electron chi connectivity index (χ4n) is 2.57. The molecule has 128 valence electrons. The van der Waals surface area contributed by atoms with Crippen LogP contribution in [-0.4, -0.2) is 26.8 Å². The molecule has 1 heterocycles. The van der Waals surface area contributed by atoms with Gasteiger partial charge in [-0.1, -0.05) is 38.8 Å². The van der Waals surface area contributed by atoms with Gasteiger partial charge in [0.2, 0.25) is 5.91 Å². The van der Waals surface area contributed by atoms with Crippen molar-refractivity contribution in [3.63, 3.8) is 0 Å². The van der Waals surface area contributed by atoms with Gasteiger partial charge in [-0.15, -0.1) is 0 Å². The molecule has 0 aliphatic carbocycles. The van der Waals surface area contributed by atoms with E-state index in [0.29, 0.717) is 18.9 Å².